The molecule has 6 atom stereocenters. The minimum atomic E-state index is -4.28. The van der Waals surface area contributed by atoms with Crippen molar-refractivity contribution in [1.29, 1.82) is 0 Å². The zero-order valence-corrected chi connectivity index (χ0v) is 52.1. The molecule has 16 bridgehead atoms. The van der Waals surface area contributed by atoms with Crippen molar-refractivity contribution in [3.8, 4) is 0 Å². The fraction of sp³-hybridized carbons (Fsp3) is 0.879. The Hall–Kier alpha value is -4.60. The summed E-state index contributed by atoms with van der Waals surface area (Å²) in [4.78, 5) is 89.0. The molecule has 18 saturated carbocycles. The SMILES string of the molecule is O=C(O)C12CC3CC(C1)C1(OCC(F)(F)C(F)(F)CO1)C(C3)C2.O=C(O)C12CC3CC(CC(C3)C1)C2.O=C(O)C12CC3CC(CC(O)(C3)C1)C2.O=C(O)C1CCC2(CC1)OCC(F)(F)C(F)(F)CO2.O=C1C2CC3CC1CC(C(=O)O)(C3)C2.O=C1CCC(C(=O)O)CC1. The topological polar surface area (TPSA) is 315 Å². The predicted octanol–water partition coefficient (Wildman–Crippen LogP) is 11.2. The Balaban J connectivity index is 0.000000116. The van der Waals surface area contributed by atoms with E-state index in [9.17, 15) is 99.0 Å². The van der Waals surface area contributed by atoms with E-state index in [1.807, 2.05) is 0 Å². The van der Waals surface area contributed by atoms with Crippen molar-refractivity contribution in [3.63, 3.8) is 0 Å². The lowest BCUT2D eigenvalue weighted by Crippen LogP contribution is -2.64. The molecular weight excluding hydrogens is 1250 g/mol. The van der Waals surface area contributed by atoms with Crippen LogP contribution in [0, 0.1) is 98.6 Å². The number of carbonyl (C=O) groups excluding carboxylic acids is 2. The molecule has 18 aliphatic carbocycles. The predicted molar refractivity (Wildman–Crippen MR) is 303 cm³/mol. The minimum Gasteiger partial charge on any atom is -0.481 e. The van der Waals surface area contributed by atoms with E-state index in [1.54, 1.807) is 0 Å². The summed E-state index contributed by atoms with van der Waals surface area (Å²) in [6.07, 6.45) is 20.4. The van der Waals surface area contributed by atoms with E-state index < -0.39 is 137 Å². The number of carboxylic acid groups (broad SMARTS) is 6. The van der Waals surface area contributed by atoms with Gasteiger partial charge in [0, 0.05) is 49.4 Å². The molecular formula is C66H88F8O19. The van der Waals surface area contributed by atoms with E-state index in [0.29, 0.717) is 87.7 Å². The van der Waals surface area contributed by atoms with E-state index in [0.717, 1.165) is 88.4 Å². The average molecular weight is 1340 g/mol. The molecule has 2 heterocycles. The molecule has 27 heteroatoms. The third kappa shape index (κ3) is 13.4. The molecule has 93 heavy (non-hydrogen) atoms. The Labute approximate surface area is 532 Å². The highest BCUT2D eigenvalue weighted by Crippen LogP contribution is 2.67. The number of Topliss-reactive ketones (excluding diaryl/α,β-unsaturated/α-hetero) is 2. The number of rotatable bonds is 6. The zero-order chi connectivity index (χ0) is 67.5. The van der Waals surface area contributed by atoms with Gasteiger partial charge in [-0.15, -0.1) is 0 Å². The maximum atomic E-state index is 13.6. The van der Waals surface area contributed by atoms with Gasteiger partial charge < -0.3 is 54.7 Å². The average Bonchev–Trinajstić information content (AvgIpc) is 1.57. The van der Waals surface area contributed by atoms with Gasteiger partial charge in [0.15, 0.2) is 11.6 Å². The quantitative estimate of drug-likeness (QED) is 0.122. The Kier molecular flexibility index (Phi) is 18.6. The van der Waals surface area contributed by atoms with Crippen LogP contribution in [-0.4, -0.2) is 150 Å². The van der Waals surface area contributed by atoms with Gasteiger partial charge >= 0.3 is 59.5 Å². The van der Waals surface area contributed by atoms with Crippen molar-refractivity contribution >= 4 is 47.4 Å². The second kappa shape index (κ2) is 24.7. The summed E-state index contributed by atoms with van der Waals surface area (Å²) in [6, 6.07) is 0. The van der Waals surface area contributed by atoms with Crippen LogP contribution in [-0.2, 0) is 57.3 Å². The summed E-state index contributed by atoms with van der Waals surface area (Å²) in [5, 5.41) is 65.0. The van der Waals surface area contributed by atoms with E-state index >= 15 is 0 Å². The van der Waals surface area contributed by atoms with Crippen LogP contribution < -0.4 is 0 Å². The lowest BCUT2D eigenvalue weighted by Gasteiger charge is -2.62. The van der Waals surface area contributed by atoms with E-state index in [-0.39, 0.29) is 73.4 Å². The first-order valence-corrected chi connectivity index (χ1v) is 33.5. The molecule has 6 unspecified atom stereocenters. The highest BCUT2D eigenvalue weighted by atomic mass is 19.3. The van der Waals surface area contributed by atoms with Crippen LogP contribution >= 0.6 is 0 Å². The molecule has 20 rings (SSSR count). The minimum absolute atomic E-state index is 0.0239. The van der Waals surface area contributed by atoms with Crippen LogP contribution in [0.2, 0.25) is 0 Å². The van der Waals surface area contributed by atoms with Crippen molar-refractivity contribution in [2.75, 3.05) is 26.4 Å². The Morgan fingerprint density at radius 3 is 1.08 bits per heavy atom. The number of aliphatic carboxylic acids is 6. The van der Waals surface area contributed by atoms with Crippen LogP contribution in [0.4, 0.5) is 35.1 Å². The normalized spacial score (nSPS) is 43.4. The van der Waals surface area contributed by atoms with Crippen molar-refractivity contribution < 1.29 is 128 Å². The lowest BCUT2D eigenvalue weighted by molar-refractivity contribution is -0.345. The standard InChI is InChI=1S/C15H18F4O4.C11H14F4O4.C11H16O3.C11H14O3.C11H16O2.C7H10O3/c16-13(17)6-22-15(23-7-14(13,18)19)9-1-8-2-10(15)5-12(3-8,4-9)11(20)21;12-10(13)5-18-9(19-6-11(10,14)15)3-1-7(2-4-9)8(16)17;12-9(13)10-2-7-1-8(3-10)5-11(14,4-7)6-10;12-9-7-1-6-2-8(9)5-11(3-6,4-7)10(13)14;12-10(13)11-4-7-1-8(5-11)3-9(2-7)6-11;8-6-3-1-5(2-4-6)7(9)10/h8-10H,1-7H2,(H,20,21);7H,1-6H2,(H,16,17);7-8,14H,1-6H2,(H,12,13);6-8H,1-5H2,(H,13,14);7-9H,1-6H2,(H,12,13);5H,1-4H2,(H,9,10). The zero-order valence-electron chi connectivity index (χ0n) is 52.1. The molecule has 0 aromatic heterocycles. The summed E-state index contributed by atoms with van der Waals surface area (Å²) in [6.45, 7) is -5.62. The summed E-state index contributed by atoms with van der Waals surface area (Å²) < 4.78 is 127. The van der Waals surface area contributed by atoms with Gasteiger partial charge in [0.25, 0.3) is 0 Å². The number of ketones is 2. The number of halogens is 8. The smallest absolute Gasteiger partial charge is 0.335 e. The first-order valence-electron chi connectivity index (χ1n) is 33.5. The molecule has 20 aliphatic rings. The summed E-state index contributed by atoms with van der Waals surface area (Å²) in [5.41, 5.74) is -2.90. The van der Waals surface area contributed by atoms with Gasteiger partial charge in [-0.2, -0.15) is 35.1 Å². The first kappa shape index (κ1) is 69.7. The van der Waals surface area contributed by atoms with Crippen LogP contribution in [0.3, 0.4) is 0 Å². The number of carboxylic acids is 6. The van der Waals surface area contributed by atoms with Crippen LogP contribution in [0.25, 0.3) is 0 Å². The second-order valence-corrected chi connectivity index (χ2v) is 31.9. The molecule has 0 aromatic carbocycles. The van der Waals surface area contributed by atoms with Gasteiger partial charge in [-0.25, -0.2) is 0 Å². The van der Waals surface area contributed by atoms with Gasteiger partial charge in [0.1, 0.15) is 38.0 Å². The van der Waals surface area contributed by atoms with Gasteiger partial charge in [-0.1, -0.05) is 0 Å². The van der Waals surface area contributed by atoms with Gasteiger partial charge in [0.2, 0.25) is 0 Å². The molecule has 2 saturated heterocycles. The Bertz CT molecular complexity index is 2790. The van der Waals surface area contributed by atoms with Gasteiger partial charge in [0.05, 0.1) is 39.1 Å². The second-order valence-electron chi connectivity index (χ2n) is 31.9. The van der Waals surface area contributed by atoms with Gasteiger partial charge in [-0.05, 0) is 208 Å². The number of aliphatic hydroxyl groups is 1. The number of hydrogen-bond acceptors (Lipinski definition) is 13. The van der Waals surface area contributed by atoms with Crippen molar-refractivity contribution in [2.45, 2.75) is 233 Å². The maximum absolute atomic E-state index is 13.6. The monoisotopic (exact) mass is 1340 g/mol. The first-order chi connectivity index (χ1) is 43.3. The van der Waals surface area contributed by atoms with Crippen LogP contribution in [0.5, 0.6) is 0 Å². The molecule has 2 aliphatic heterocycles. The highest BCUT2D eigenvalue weighted by Gasteiger charge is 2.71. The van der Waals surface area contributed by atoms with Crippen LogP contribution in [0.15, 0.2) is 0 Å². The fourth-order valence-corrected chi connectivity index (χ4v) is 21.6. The molecule has 2 spiro atoms. The number of alkyl halides is 8. The summed E-state index contributed by atoms with van der Waals surface area (Å²) >= 11 is 0. The van der Waals surface area contributed by atoms with Gasteiger partial charge in [-0.3, -0.25) is 38.4 Å². The van der Waals surface area contributed by atoms with E-state index in [2.05, 4.69) is 0 Å². The molecule has 0 radical (unpaired) electrons. The third-order valence-electron chi connectivity index (χ3n) is 25.3. The molecule has 0 aromatic rings. The lowest BCUT2D eigenvalue weighted by atomic mass is 9.47. The largest absolute Gasteiger partial charge is 0.481 e. The fourth-order valence-electron chi connectivity index (χ4n) is 21.6. The Morgan fingerprint density at radius 2 is 0.699 bits per heavy atom. The third-order valence-corrected chi connectivity index (χ3v) is 25.3. The van der Waals surface area contributed by atoms with Crippen molar-refractivity contribution in [1.82, 2.24) is 0 Å². The molecule has 522 valence electrons. The van der Waals surface area contributed by atoms with E-state index in [4.69, 9.17) is 29.2 Å². The van der Waals surface area contributed by atoms with Crippen LogP contribution in [0.1, 0.15) is 193 Å². The molecule has 7 N–H and O–H groups in total. The maximum Gasteiger partial charge on any atom is 0.335 e. The summed E-state index contributed by atoms with van der Waals surface area (Å²) in [7, 11) is 0. The number of hydrogen-bond donors (Lipinski definition) is 7. The van der Waals surface area contributed by atoms with Crippen molar-refractivity contribution in [2.24, 2.45) is 98.6 Å². The van der Waals surface area contributed by atoms with E-state index in [1.165, 1.54) is 19.3 Å². The molecule has 19 nitrogen and oxygen atoms in total. The number of carbonyl (C=O) groups is 8. The Morgan fingerprint density at radius 1 is 0.376 bits per heavy atom. The molecule has 20 fully saturated rings. The molecule has 0 amide bonds. The summed E-state index contributed by atoms with van der Waals surface area (Å²) in [5.74, 6) is -21.7. The highest BCUT2D eigenvalue weighted by molar-refractivity contribution is 5.89. The van der Waals surface area contributed by atoms with Crippen molar-refractivity contribution in [3.05, 3.63) is 0 Å². The number of ether oxygens (including phenoxy) is 4.